The van der Waals surface area contributed by atoms with Gasteiger partial charge in [-0.2, -0.15) is 0 Å². The van der Waals surface area contributed by atoms with E-state index in [0.29, 0.717) is 11.6 Å². The third-order valence-electron chi connectivity index (χ3n) is 2.29. The van der Waals surface area contributed by atoms with Crippen molar-refractivity contribution in [3.63, 3.8) is 0 Å². The van der Waals surface area contributed by atoms with Gasteiger partial charge < -0.3 is 9.84 Å². The number of hydrogen-bond donors (Lipinski definition) is 1. The van der Waals surface area contributed by atoms with Crippen LogP contribution in [0.4, 0.5) is 0 Å². The third-order valence-corrected chi connectivity index (χ3v) is 2.29. The fourth-order valence-corrected chi connectivity index (χ4v) is 1.36. The molecular formula is C13H11NO3. The van der Waals surface area contributed by atoms with E-state index >= 15 is 0 Å². The molecule has 2 aromatic rings. The first-order valence-corrected chi connectivity index (χ1v) is 5.09. The van der Waals surface area contributed by atoms with E-state index in [9.17, 15) is 4.79 Å². The molecule has 1 aromatic heterocycles. The summed E-state index contributed by atoms with van der Waals surface area (Å²) in [7, 11) is 0. The highest BCUT2D eigenvalue weighted by Crippen LogP contribution is 2.24. The van der Waals surface area contributed by atoms with Crippen LogP contribution in [-0.4, -0.2) is 16.1 Å². The lowest BCUT2D eigenvalue weighted by Gasteiger charge is -2.08. The lowest BCUT2D eigenvalue weighted by atomic mass is 10.1. The van der Waals surface area contributed by atoms with Crippen molar-refractivity contribution >= 4 is 5.97 Å². The molecule has 4 nitrogen and oxygen atoms in total. The first-order valence-electron chi connectivity index (χ1n) is 5.09. The van der Waals surface area contributed by atoms with Gasteiger partial charge in [-0.05, 0) is 30.7 Å². The summed E-state index contributed by atoms with van der Waals surface area (Å²) in [5, 5.41) is 8.90. The van der Waals surface area contributed by atoms with Crippen molar-refractivity contribution in [1.82, 2.24) is 4.98 Å². The second kappa shape index (κ2) is 4.65. The first kappa shape index (κ1) is 11.1. The Kier molecular flexibility index (Phi) is 3.05. The molecular weight excluding hydrogens is 218 g/mol. The highest BCUT2D eigenvalue weighted by molar-refractivity contribution is 5.88. The molecule has 0 aliphatic carbocycles. The van der Waals surface area contributed by atoms with Crippen LogP contribution in [0.5, 0.6) is 11.6 Å². The van der Waals surface area contributed by atoms with E-state index in [2.05, 4.69) is 4.98 Å². The van der Waals surface area contributed by atoms with Crippen LogP contribution >= 0.6 is 0 Å². The van der Waals surface area contributed by atoms with Crippen molar-refractivity contribution in [2.24, 2.45) is 0 Å². The van der Waals surface area contributed by atoms with Crippen LogP contribution in [0.1, 0.15) is 15.9 Å². The van der Waals surface area contributed by atoms with Crippen LogP contribution in [0, 0.1) is 6.92 Å². The van der Waals surface area contributed by atoms with Gasteiger partial charge in [-0.3, -0.25) is 0 Å². The normalized spacial score (nSPS) is 9.94. The molecule has 86 valence electrons. The molecule has 0 spiro atoms. The number of hydrogen-bond acceptors (Lipinski definition) is 3. The number of aryl methyl sites for hydroxylation is 1. The van der Waals surface area contributed by atoms with Crippen LogP contribution in [-0.2, 0) is 0 Å². The largest absolute Gasteiger partial charge is 0.478 e. The molecule has 0 fully saturated rings. The SMILES string of the molecule is Cc1ccc(C(=O)O)cc1Oc1ccccn1. The monoisotopic (exact) mass is 229 g/mol. The zero-order chi connectivity index (χ0) is 12.3. The Morgan fingerprint density at radius 2 is 2.12 bits per heavy atom. The Balaban J connectivity index is 2.32. The van der Waals surface area contributed by atoms with Crippen LogP contribution in [0.25, 0.3) is 0 Å². The van der Waals surface area contributed by atoms with Gasteiger partial charge in [-0.25, -0.2) is 9.78 Å². The van der Waals surface area contributed by atoms with Crippen LogP contribution in [0.15, 0.2) is 42.6 Å². The number of pyridine rings is 1. The maximum absolute atomic E-state index is 10.8. The summed E-state index contributed by atoms with van der Waals surface area (Å²) in [6.45, 7) is 1.85. The summed E-state index contributed by atoms with van der Waals surface area (Å²) in [5.74, 6) is -0.0300. The van der Waals surface area contributed by atoms with Gasteiger partial charge in [-0.1, -0.05) is 12.1 Å². The second-order valence-electron chi connectivity index (χ2n) is 3.56. The van der Waals surface area contributed by atoms with Gasteiger partial charge in [-0.15, -0.1) is 0 Å². The summed E-state index contributed by atoms with van der Waals surface area (Å²) in [4.78, 5) is 14.9. The predicted molar refractivity (Wildman–Crippen MR) is 62.4 cm³/mol. The molecule has 1 heterocycles. The molecule has 0 saturated carbocycles. The number of carbonyl (C=O) groups is 1. The molecule has 4 heteroatoms. The number of aromatic nitrogens is 1. The highest BCUT2D eigenvalue weighted by Gasteiger charge is 2.08. The summed E-state index contributed by atoms with van der Waals surface area (Å²) in [6.07, 6.45) is 1.62. The first-order chi connectivity index (χ1) is 8.16. The number of rotatable bonds is 3. The number of ether oxygens (including phenoxy) is 1. The third kappa shape index (κ3) is 2.60. The van der Waals surface area contributed by atoms with E-state index in [0.717, 1.165) is 5.56 Å². The molecule has 0 bridgehead atoms. The van der Waals surface area contributed by atoms with E-state index in [1.54, 1.807) is 36.5 Å². The Morgan fingerprint density at radius 3 is 2.76 bits per heavy atom. The predicted octanol–water partition coefficient (Wildman–Crippen LogP) is 2.88. The minimum Gasteiger partial charge on any atom is -0.478 e. The Bertz CT molecular complexity index is 538. The van der Waals surface area contributed by atoms with E-state index in [-0.39, 0.29) is 5.56 Å². The molecule has 0 aliphatic rings. The lowest BCUT2D eigenvalue weighted by molar-refractivity contribution is 0.0696. The smallest absolute Gasteiger partial charge is 0.335 e. The van der Waals surface area contributed by atoms with E-state index < -0.39 is 5.97 Å². The molecule has 0 radical (unpaired) electrons. The maximum Gasteiger partial charge on any atom is 0.335 e. The minimum atomic E-state index is -0.976. The highest BCUT2D eigenvalue weighted by atomic mass is 16.5. The number of nitrogens with zero attached hydrogens (tertiary/aromatic N) is 1. The summed E-state index contributed by atoms with van der Waals surface area (Å²) >= 11 is 0. The summed E-state index contributed by atoms with van der Waals surface area (Å²) in [5.41, 5.74) is 1.06. The molecule has 0 unspecified atom stereocenters. The molecule has 2 rings (SSSR count). The quantitative estimate of drug-likeness (QED) is 0.879. The van der Waals surface area contributed by atoms with E-state index in [1.807, 2.05) is 6.92 Å². The van der Waals surface area contributed by atoms with E-state index in [1.165, 1.54) is 6.07 Å². The molecule has 0 atom stereocenters. The zero-order valence-electron chi connectivity index (χ0n) is 9.25. The van der Waals surface area contributed by atoms with Crippen molar-refractivity contribution in [2.75, 3.05) is 0 Å². The molecule has 17 heavy (non-hydrogen) atoms. The number of benzene rings is 1. The van der Waals surface area contributed by atoms with Gasteiger partial charge in [0.25, 0.3) is 0 Å². The summed E-state index contributed by atoms with van der Waals surface area (Å²) in [6, 6.07) is 10.1. The van der Waals surface area contributed by atoms with Crippen molar-refractivity contribution in [3.8, 4) is 11.6 Å². The van der Waals surface area contributed by atoms with Gasteiger partial charge in [0.05, 0.1) is 5.56 Å². The fraction of sp³-hybridized carbons (Fsp3) is 0.0769. The topological polar surface area (TPSA) is 59.4 Å². The molecule has 1 N–H and O–H groups in total. The molecule has 0 saturated heterocycles. The Hall–Kier alpha value is -2.36. The van der Waals surface area contributed by atoms with Crippen molar-refractivity contribution in [3.05, 3.63) is 53.7 Å². The fourth-order valence-electron chi connectivity index (χ4n) is 1.36. The number of aromatic carboxylic acids is 1. The molecule has 0 aliphatic heterocycles. The maximum atomic E-state index is 10.8. The average molecular weight is 229 g/mol. The van der Waals surface area contributed by atoms with Crippen molar-refractivity contribution in [1.29, 1.82) is 0 Å². The van der Waals surface area contributed by atoms with Crippen LogP contribution in [0.2, 0.25) is 0 Å². The summed E-state index contributed by atoms with van der Waals surface area (Å²) < 4.78 is 5.53. The van der Waals surface area contributed by atoms with Gasteiger partial charge in [0.15, 0.2) is 0 Å². The Morgan fingerprint density at radius 1 is 1.29 bits per heavy atom. The number of carboxylic acids is 1. The van der Waals surface area contributed by atoms with Crippen molar-refractivity contribution in [2.45, 2.75) is 6.92 Å². The zero-order valence-corrected chi connectivity index (χ0v) is 9.25. The standard InChI is InChI=1S/C13H11NO3/c1-9-5-6-10(13(15)16)8-11(9)17-12-4-2-3-7-14-12/h2-8H,1H3,(H,15,16). The molecule has 0 amide bonds. The van der Waals surface area contributed by atoms with Crippen LogP contribution < -0.4 is 4.74 Å². The minimum absolute atomic E-state index is 0.196. The second-order valence-corrected chi connectivity index (χ2v) is 3.56. The average Bonchev–Trinajstić information content (AvgIpc) is 2.33. The van der Waals surface area contributed by atoms with Gasteiger partial charge in [0, 0.05) is 12.3 Å². The van der Waals surface area contributed by atoms with Gasteiger partial charge >= 0.3 is 5.97 Å². The van der Waals surface area contributed by atoms with Gasteiger partial charge in [0.1, 0.15) is 5.75 Å². The van der Waals surface area contributed by atoms with E-state index in [4.69, 9.17) is 9.84 Å². The number of carboxylic acid groups (broad SMARTS) is 1. The van der Waals surface area contributed by atoms with Crippen molar-refractivity contribution < 1.29 is 14.6 Å². The Labute approximate surface area is 98.5 Å². The lowest BCUT2D eigenvalue weighted by Crippen LogP contribution is -1.98. The van der Waals surface area contributed by atoms with Crippen LogP contribution in [0.3, 0.4) is 0 Å². The molecule has 1 aromatic carbocycles. The van der Waals surface area contributed by atoms with Gasteiger partial charge in [0.2, 0.25) is 5.88 Å².